The van der Waals surface area contributed by atoms with Crippen molar-refractivity contribution in [3.05, 3.63) is 12.2 Å². The summed E-state index contributed by atoms with van der Waals surface area (Å²) in [4.78, 5) is 3.57. The van der Waals surface area contributed by atoms with Gasteiger partial charge in [-0.3, -0.25) is 5.41 Å². The van der Waals surface area contributed by atoms with Crippen LogP contribution in [0.3, 0.4) is 0 Å². The summed E-state index contributed by atoms with van der Waals surface area (Å²) in [5.41, 5.74) is 10.2. The third-order valence-electron chi connectivity index (χ3n) is 1.37. The molecule has 0 bridgehead atoms. The van der Waals surface area contributed by atoms with Gasteiger partial charge in [0.2, 0.25) is 0 Å². The van der Waals surface area contributed by atoms with Crippen LogP contribution >= 0.6 is 11.8 Å². The van der Waals surface area contributed by atoms with Crippen molar-refractivity contribution in [2.45, 2.75) is 5.75 Å². The molecule has 0 aromatic carbocycles. The maximum Gasteiger partial charge on any atom is 0.193 e. The van der Waals surface area contributed by atoms with E-state index in [0.29, 0.717) is 5.75 Å². The molecule has 1 rings (SSSR count). The predicted octanol–water partition coefficient (Wildman–Crippen LogP) is -0.744. The van der Waals surface area contributed by atoms with Crippen molar-refractivity contribution in [3.63, 3.8) is 0 Å². The first-order chi connectivity index (χ1) is 6.59. The summed E-state index contributed by atoms with van der Waals surface area (Å²) in [7, 11) is 1.83. The Bertz CT molecular complexity index is 351. The number of aliphatic imine (C=N–C) groups is 1. The minimum absolute atomic E-state index is 0.0630. The second-order valence-electron chi connectivity index (χ2n) is 2.49. The minimum Gasteiger partial charge on any atom is -0.370 e. The molecule has 14 heavy (non-hydrogen) atoms. The molecule has 5 N–H and O–H groups in total. The molecule has 0 radical (unpaired) electrons. The average Bonchev–Trinajstić information content (AvgIpc) is 2.46. The molecule has 0 aliphatic rings. The minimum atomic E-state index is -0.111. The third kappa shape index (κ3) is 3.05. The Morgan fingerprint density at radius 3 is 2.93 bits per heavy atom. The van der Waals surface area contributed by atoms with E-state index in [1.165, 1.54) is 11.8 Å². The van der Waals surface area contributed by atoms with Crippen molar-refractivity contribution in [2.75, 3.05) is 0 Å². The zero-order chi connectivity index (χ0) is 10.6. The first kappa shape index (κ1) is 10.5. The van der Waals surface area contributed by atoms with Crippen molar-refractivity contribution < 1.29 is 0 Å². The maximum absolute atomic E-state index is 7.35. The largest absolute Gasteiger partial charge is 0.370 e. The number of hydrogen-bond donors (Lipinski definition) is 3. The van der Waals surface area contributed by atoms with Gasteiger partial charge in [-0.15, -0.1) is 10.2 Å². The smallest absolute Gasteiger partial charge is 0.193 e. The van der Waals surface area contributed by atoms with Gasteiger partial charge in [0.1, 0.15) is 12.2 Å². The number of guanidine groups is 1. The van der Waals surface area contributed by atoms with Gasteiger partial charge in [0.15, 0.2) is 11.1 Å². The Kier molecular flexibility index (Phi) is 3.46. The van der Waals surface area contributed by atoms with Crippen LogP contribution in [-0.2, 0) is 12.8 Å². The molecule has 0 spiro atoms. The molecule has 0 aliphatic carbocycles. The molecule has 0 saturated heterocycles. The molecule has 0 unspecified atom stereocenters. The van der Waals surface area contributed by atoms with E-state index < -0.39 is 0 Å². The summed E-state index contributed by atoms with van der Waals surface area (Å²) < 4.78 is 1.77. The zero-order valence-electron chi connectivity index (χ0n) is 7.64. The molecule has 1 heterocycles. The van der Waals surface area contributed by atoms with E-state index in [-0.39, 0.29) is 11.1 Å². The lowest BCUT2D eigenvalue weighted by Gasteiger charge is -1.98. The molecular weight excluding hydrogens is 202 g/mol. The topological polar surface area (TPSA) is 119 Å². The fourth-order valence-corrected chi connectivity index (χ4v) is 1.42. The highest BCUT2D eigenvalue weighted by Crippen LogP contribution is 2.10. The van der Waals surface area contributed by atoms with Crippen LogP contribution in [0.2, 0.25) is 0 Å². The van der Waals surface area contributed by atoms with Crippen molar-refractivity contribution >= 4 is 22.9 Å². The van der Waals surface area contributed by atoms with Gasteiger partial charge >= 0.3 is 0 Å². The Morgan fingerprint density at radius 2 is 2.43 bits per heavy atom. The molecular formula is C6H11N7S. The molecule has 0 aliphatic heterocycles. The van der Waals surface area contributed by atoms with Crippen LogP contribution in [0.4, 0.5) is 0 Å². The number of nitrogens with two attached hydrogens (primary N) is 2. The van der Waals surface area contributed by atoms with Crippen LogP contribution in [0.1, 0.15) is 5.82 Å². The quantitative estimate of drug-likeness (QED) is 0.441. The van der Waals surface area contributed by atoms with Crippen LogP contribution in [0.5, 0.6) is 0 Å². The predicted molar refractivity (Wildman–Crippen MR) is 55.8 cm³/mol. The van der Waals surface area contributed by atoms with E-state index in [2.05, 4.69) is 15.2 Å². The Morgan fingerprint density at radius 1 is 1.71 bits per heavy atom. The highest BCUT2D eigenvalue weighted by molar-refractivity contribution is 8.13. The Labute approximate surface area is 85.1 Å². The van der Waals surface area contributed by atoms with Gasteiger partial charge in [0.25, 0.3) is 0 Å². The van der Waals surface area contributed by atoms with Crippen LogP contribution in [0.25, 0.3) is 0 Å². The number of nitrogens with zero attached hydrogens (tertiary/aromatic N) is 4. The third-order valence-corrected chi connectivity index (χ3v) is 2.14. The first-order valence-electron chi connectivity index (χ1n) is 3.73. The Hall–Kier alpha value is -1.57. The molecule has 0 amide bonds. The van der Waals surface area contributed by atoms with Crippen molar-refractivity contribution in [3.8, 4) is 0 Å². The Balaban J connectivity index is 2.46. The van der Waals surface area contributed by atoms with Crippen molar-refractivity contribution in [2.24, 2.45) is 23.5 Å². The molecule has 1 aromatic rings. The molecule has 0 fully saturated rings. The van der Waals surface area contributed by atoms with Crippen LogP contribution in [0, 0.1) is 5.41 Å². The summed E-state index contributed by atoms with van der Waals surface area (Å²) in [5.74, 6) is 1.18. The number of hydrogen-bond acceptors (Lipinski definition) is 4. The highest BCUT2D eigenvalue weighted by Gasteiger charge is 2.03. The van der Waals surface area contributed by atoms with Gasteiger partial charge in [-0.25, -0.2) is 0 Å². The molecule has 0 saturated carbocycles. The maximum atomic E-state index is 7.35. The van der Waals surface area contributed by atoms with Crippen LogP contribution < -0.4 is 11.5 Å². The van der Waals surface area contributed by atoms with Gasteiger partial charge in [-0.05, 0) is 0 Å². The fraction of sp³-hybridized carbons (Fsp3) is 0.333. The molecule has 1 aromatic heterocycles. The number of amidine groups is 1. The van der Waals surface area contributed by atoms with E-state index >= 15 is 0 Å². The van der Waals surface area contributed by atoms with E-state index in [1.807, 2.05) is 7.05 Å². The fourth-order valence-electron chi connectivity index (χ4n) is 0.720. The SMILES string of the molecule is Cn1cnnc1CSC(=N)N=C(N)N. The number of rotatable bonds is 2. The summed E-state index contributed by atoms with van der Waals surface area (Å²) in [6.45, 7) is 0. The summed E-state index contributed by atoms with van der Waals surface area (Å²) in [5, 5.41) is 15.0. The summed E-state index contributed by atoms with van der Waals surface area (Å²) in [6.07, 6.45) is 1.60. The van der Waals surface area contributed by atoms with E-state index in [9.17, 15) is 0 Å². The lowest BCUT2D eigenvalue weighted by atomic mass is 10.7. The molecule has 76 valence electrons. The monoisotopic (exact) mass is 213 g/mol. The number of aromatic nitrogens is 3. The average molecular weight is 213 g/mol. The lowest BCUT2D eigenvalue weighted by Crippen LogP contribution is -2.23. The van der Waals surface area contributed by atoms with Crippen LogP contribution in [0.15, 0.2) is 11.3 Å². The van der Waals surface area contributed by atoms with Crippen molar-refractivity contribution in [1.82, 2.24) is 14.8 Å². The second kappa shape index (κ2) is 4.61. The van der Waals surface area contributed by atoms with Gasteiger partial charge in [0, 0.05) is 7.05 Å². The standard InChI is InChI=1S/C6H11N7S/c1-13-3-10-12-4(13)2-14-6(9)11-5(7)8/h3H,2H2,1H3,(H5,7,8,9,11). The van der Waals surface area contributed by atoms with E-state index in [0.717, 1.165) is 5.82 Å². The van der Waals surface area contributed by atoms with E-state index in [1.54, 1.807) is 10.9 Å². The van der Waals surface area contributed by atoms with Gasteiger partial charge in [-0.1, -0.05) is 11.8 Å². The lowest BCUT2D eigenvalue weighted by molar-refractivity contribution is 0.850. The number of thioether (sulfide) groups is 1. The number of nitrogens with one attached hydrogen (secondary N) is 1. The molecule has 0 atom stereocenters. The van der Waals surface area contributed by atoms with Crippen LogP contribution in [-0.4, -0.2) is 25.9 Å². The molecule has 7 nitrogen and oxygen atoms in total. The van der Waals surface area contributed by atoms with Gasteiger partial charge in [0.05, 0.1) is 5.75 Å². The van der Waals surface area contributed by atoms with Gasteiger partial charge < -0.3 is 16.0 Å². The highest BCUT2D eigenvalue weighted by atomic mass is 32.2. The zero-order valence-corrected chi connectivity index (χ0v) is 8.45. The van der Waals surface area contributed by atoms with Crippen molar-refractivity contribution in [1.29, 1.82) is 5.41 Å². The summed E-state index contributed by atoms with van der Waals surface area (Å²) in [6, 6.07) is 0. The summed E-state index contributed by atoms with van der Waals surface area (Å²) >= 11 is 1.19. The number of aryl methyl sites for hydroxylation is 1. The molecule has 8 heteroatoms. The van der Waals surface area contributed by atoms with Gasteiger partial charge in [-0.2, -0.15) is 4.99 Å². The normalized spacial score (nSPS) is 9.79. The van der Waals surface area contributed by atoms with E-state index in [4.69, 9.17) is 16.9 Å². The second-order valence-corrected chi connectivity index (χ2v) is 3.45. The first-order valence-corrected chi connectivity index (χ1v) is 4.72.